The lowest BCUT2D eigenvalue weighted by Crippen LogP contribution is -2.39. The first-order valence-electron chi connectivity index (χ1n) is 8.39. The zero-order chi connectivity index (χ0) is 17.2. The third kappa shape index (κ3) is 6.43. The predicted molar refractivity (Wildman–Crippen MR) is 101 cm³/mol. The fourth-order valence-corrected chi connectivity index (χ4v) is 2.64. The summed E-state index contributed by atoms with van der Waals surface area (Å²) in [5.41, 5.74) is 4.76. The molecule has 0 bridgehead atoms. The van der Waals surface area contributed by atoms with Gasteiger partial charge in [-0.25, -0.2) is 0 Å². The van der Waals surface area contributed by atoms with Crippen LogP contribution in [-0.4, -0.2) is 60.2 Å². The standard InChI is InChI=1S/C17H26N4O2S/c1-2-16(14-4-6-15(22)7-5-14)19-20-17(24)18-8-3-9-21-10-12-23-13-11-21/h4-7,22H,2-3,8-13H2,1H3,(H2,18,20,24)/b19-16+. The maximum atomic E-state index is 9.35. The minimum absolute atomic E-state index is 0.250. The summed E-state index contributed by atoms with van der Waals surface area (Å²) in [5.74, 6) is 0.250. The Bertz CT molecular complexity index is 542. The molecule has 0 saturated carbocycles. The van der Waals surface area contributed by atoms with E-state index in [0.717, 1.165) is 63.5 Å². The van der Waals surface area contributed by atoms with Crippen LogP contribution in [0.5, 0.6) is 5.75 Å². The summed E-state index contributed by atoms with van der Waals surface area (Å²) >= 11 is 5.26. The summed E-state index contributed by atoms with van der Waals surface area (Å²) in [4.78, 5) is 2.40. The second-order valence-corrected chi connectivity index (χ2v) is 6.04. The number of aromatic hydroxyl groups is 1. The van der Waals surface area contributed by atoms with Gasteiger partial charge in [0.2, 0.25) is 0 Å². The van der Waals surface area contributed by atoms with Crippen molar-refractivity contribution in [2.75, 3.05) is 39.4 Å². The molecular weight excluding hydrogens is 324 g/mol. The predicted octanol–water partition coefficient (Wildman–Crippen LogP) is 1.69. The average molecular weight is 350 g/mol. The smallest absolute Gasteiger partial charge is 0.186 e. The normalized spacial score (nSPS) is 16.0. The van der Waals surface area contributed by atoms with Crippen molar-refractivity contribution in [3.05, 3.63) is 29.8 Å². The molecule has 24 heavy (non-hydrogen) atoms. The van der Waals surface area contributed by atoms with Crippen LogP contribution >= 0.6 is 12.2 Å². The average Bonchev–Trinajstić information content (AvgIpc) is 2.61. The van der Waals surface area contributed by atoms with E-state index in [9.17, 15) is 5.11 Å². The van der Waals surface area contributed by atoms with Gasteiger partial charge in [0.15, 0.2) is 5.11 Å². The number of hydrogen-bond acceptors (Lipinski definition) is 5. The van der Waals surface area contributed by atoms with Gasteiger partial charge in [-0.3, -0.25) is 10.3 Å². The molecule has 7 heteroatoms. The maximum Gasteiger partial charge on any atom is 0.186 e. The SMILES string of the molecule is CC/C(=N\NC(=S)NCCCN1CCOCC1)c1ccc(O)cc1. The Hall–Kier alpha value is -1.70. The maximum absolute atomic E-state index is 9.35. The van der Waals surface area contributed by atoms with Crippen LogP contribution in [0.4, 0.5) is 0 Å². The second-order valence-electron chi connectivity index (χ2n) is 5.63. The third-order valence-corrected chi connectivity index (χ3v) is 4.10. The highest BCUT2D eigenvalue weighted by atomic mass is 32.1. The molecule has 1 heterocycles. The molecule has 0 atom stereocenters. The van der Waals surface area contributed by atoms with E-state index in [1.165, 1.54) is 0 Å². The van der Waals surface area contributed by atoms with E-state index in [1.807, 2.05) is 19.1 Å². The number of nitrogens with one attached hydrogen (secondary N) is 2. The first-order valence-corrected chi connectivity index (χ1v) is 8.79. The van der Waals surface area contributed by atoms with Crippen molar-refractivity contribution >= 4 is 23.0 Å². The van der Waals surface area contributed by atoms with Crippen LogP contribution in [0.1, 0.15) is 25.3 Å². The summed E-state index contributed by atoms with van der Waals surface area (Å²) in [7, 11) is 0. The Kier molecular flexibility index (Phi) is 7.94. The first-order chi connectivity index (χ1) is 11.7. The lowest BCUT2D eigenvalue weighted by atomic mass is 10.1. The molecule has 0 aromatic heterocycles. The molecule has 132 valence electrons. The summed E-state index contributed by atoms with van der Waals surface area (Å²) in [6.45, 7) is 7.60. The van der Waals surface area contributed by atoms with Gasteiger partial charge in [-0.1, -0.05) is 6.92 Å². The van der Waals surface area contributed by atoms with E-state index in [1.54, 1.807) is 12.1 Å². The number of rotatable bonds is 7. The molecule has 1 aliphatic rings. The van der Waals surface area contributed by atoms with Crippen molar-refractivity contribution in [3.8, 4) is 5.75 Å². The fraction of sp³-hybridized carbons (Fsp3) is 0.529. The molecule has 2 rings (SSSR count). The van der Waals surface area contributed by atoms with Crippen molar-refractivity contribution < 1.29 is 9.84 Å². The van der Waals surface area contributed by atoms with Crippen LogP contribution < -0.4 is 10.7 Å². The molecule has 1 saturated heterocycles. The summed E-state index contributed by atoms with van der Waals surface area (Å²) in [6.07, 6.45) is 1.81. The summed E-state index contributed by atoms with van der Waals surface area (Å²) in [5, 5.41) is 17.4. The number of benzene rings is 1. The Labute approximate surface area is 148 Å². The molecule has 3 N–H and O–H groups in total. The molecule has 0 radical (unpaired) electrons. The topological polar surface area (TPSA) is 69.1 Å². The number of ether oxygens (including phenoxy) is 1. The van der Waals surface area contributed by atoms with Crippen molar-refractivity contribution in [1.82, 2.24) is 15.6 Å². The van der Waals surface area contributed by atoms with Gasteiger partial charge in [0.25, 0.3) is 0 Å². The largest absolute Gasteiger partial charge is 0.508 e. The molecule has 1 aliphatic heterocycles. The lowest BCUT2D eigenvalue weighted by molar-refractivity contribution is 0.0376. The van der Waals surface area contributed by atoms with Gasteiger partial charge in [-0.15, -0.1) is 0 Å². The highest BCUT2D eigenvalue weighted by Crippen LogP contribution is 2.11. The highest BCUT2D eigenvalue weighted by Gasteiger charge is 2.09. The summed E-state index contributed by atoms with van der Waals surface area (Å²) < 4.78 is 5.34. The van der Waals surface area contributed by atoms with E-state index in [4.69, 9.17) is 17.0 Å². The molecule has 0 amide bonds. The van der Waals surface area contributed by atoms with Gasteiger partial charge in [0.1, 0.15) is 5.75 Å². The van der Waals surface area contributed by atoms with Gasteiger partial charge in [-0.2, -0.15) is 5.10 Å². The van der Waals surface area contributed by atoms with Crippen LogP contribution in [0, 0.1) is 0 Å². The molecule has 1 aromatic rings. The number of phenols is 1. The number of nitrogens with zero attached hydrogens (tertiary/aromatic N) is 2. The van der Waals surface area contributed by atoms with Crippen LogP contribution in [0.25, 0.3) is 0 Å². The first kappa shape index (κ1) is 18.6. The highest BCUT2D eigenvalue weighted by molar-refractivity contribution is 7.80. The van der Waals surface area contributed by atoms with Crippen LogP contribution in [0.2, 0.25) is 0 Å². The fourth-order valence-electron chi connectivity index (χ4n) is 2.49. The van der Waals surface area contributed by atoms with Crippen LogP contribution in [0.15, 0.2) is 29.4 Å². The van der Waals surface area contributed by atoms with Crippen molar-refractivity contribution in [2.45, 2.75) is 19.8 Å². The number of hydrazone groups is 1. The molecule has 0 unspecified atom stereocenters. The molecule has 1 aromatic carbocycles. The van der Waals surface area contributed by atoms with E-state index < -0.39 is 0 Å². The van der Waals surface area contributed by atoms with Crippen LogP contribution in [-0.2, 0) is 4.74 Å². The molecular formula is C17H26N4O2S. The zero-order valence-corrected chi connectivity index (χ0v) is 14.9. The van der Waals surface area contributed by atoms with Crippen LogP contribution in [0.3, 0.4) is 0 Å². The minimum atomic E-state index is 0.250. The second kappa shape index (κ2) is 10.2. The molecule has 6 nitrogen and oxygen atoms in total. The lowest BCUT2D eigenvalue weighted by Gasteiger charge is -2.26. The zero-order valence-electron chi connectivity index (χ0n) is 14.1. The quantitative estimate of drug-likeness (QED) is 0.301. The number of thiocarbonyl (C=S) groups is 1. The van der Waals surface area contributed by atoms with E-state index in [2.05, 4.69) is 20.7 Å². The van der Waals surface area contributed by atoms with Gasteiger partial charge in [0.05, 0.1) is 18.9 Å². The summed E-state index contributed by atoms with van der Waals surface area (Å²) in [6, 6.07) is 7.00. The Morgan fingerprint density at radius 2 is 2.00 bits per heavy atom. The monoisotopic (exact) mass is 350 g/mol. The van der Waals surface area contributed by atoms with Crippen molar-refractivity contribution in [1.29, 1.82) is 0 Å². The van der Waals surface area contributed by atoms with Gasteiger partial charge >= 0.3 is 0 Å². The third-order valence-electron chi connectivity index (χ3n) is 3.87. The van der Waals surface area contributed by atoms with Crippen molar-refractivity contribution in [2.24, 2.45) is 5.10 Å². The van der Waals surface area contributed by atoms with E-state index in [-0.39, 0.29) is 5.75 Å². The van der Waals surface area contributed by atoms with E-state index >= 15 is 0 Å². The molecule has 0 spiro atoms. The number of hydrogen-bond donors (Lipinski definition) is 3. The van der Waals surface area contributed by atoms with Gasteiger partial charge < -0.3 is 15.2 Å². The van der Waals surface area contributed by atoms with E-state index in [0.29, 0.717) is 5.11 Å². The molecule has 1 fully saturated rings. The van der Waals surface area contributed by atoms with Crippen molar-refractivity contribution in [3.63, 3.8) is 0 Å². The Morgan fingerprint density at radius 3 is 2.67 bits per heavy atom. The Morgan fingerprint density at radius 1 is 1.29 bits per heavy atom. The number of morpholine rings is 1. The number of phenolic OH excluding ortho intramolecular Hbond substituents is 1. The minimum Gasteiger partial charge on any atom is -0.508 e. The Balaban J connectivity index is 1.69. The van der Waals surface area contributed by atoms with Gasteiger partial charge in [-0.05, 0) is 61.4 Å². The molecule has 0 aliphatic carbocycles. The van der Waals surface area contributed by atoms with Gasteiger partial charge in [0, 0.05) is 19.6 Å².